The second-order valence-electron chi connectivity index (χ2n) is 4.41. The van der Waals surface area contributed by atoms with Crippen molar-refractivity contribution in [2.45, 2.75) is 25.4 Å². The maximum absolute atomic E-state index is 12.1. The van der Waals surface area contributed by atoms with Gasteiger partial charge < -0.3 is 21.4 Å². The molecule has 19 heavy (non-hydrogen) atoms. The van der Waals surface area contributed by atoms with Gasteiger partial charge in [-0.15, -0.1) is 0 Å². The minimum Gasteiger partial charge on any atom is -0.382 e. The number of nitrogens with two attached hydrogens (primary N) is 1. The van der Waals surface area contributed by atoms with Crippen molar-refractivity contribution in [2.24, 2.45) is 0 Å². The van der Waals surface area contributed by atoms with Gasteiger partial charge in [-0.1, -0.05) is 0 Å². The molecular weight excluding hydrogens is 264 g/mol. The fourth-order valence-electron chi connectivity index (χ4n) is 1.69. The number of imidazole rings is 1. The summed E-state index contributed by atoms with van der Waals surface area (Å²) >= 11 is 1.19. The highest BCUT2D eigenvalue weighted by atomic mass is 32.1. The molecule has 2 aromatic heterocycles. The van der Waals surface area contributed by atoms with Crippen molar-refractivity contribution in [3.63, 3.8) is 0 Å². The van der Waals surface area contributed by atoms with Crippen LogP contribution in [0.2, 0.25) is 0 Å². The SMILES string of the molecule is Nc1nsc(NCc2ncc[nH]2)c1C(=O)NC1CC1. The zero-order valence-electron chi connectivity index (χ0n) is 10.1. The molecule has 8 heteroatoms. The summed E-state index contributed by atoms with van der Waals surface area (Å²) in [5, 5.41) is 6.72. The van der Waals surface area contributed by atoms with Crippen molar-refractivity contribution >= 4 is 28.3 Å². The number of aromatic nitrogens is 3. The molecular formula is C11H14N6OS. The molecule has 0 bridgehead atoms. The van der Waals surface area contributed by atoms with Crippen LogP contribution in [0.15, 0.2) is 12.4 Å². The van der Waals surface area contributed by atoms with E-state index in [4.69, 9.17) is 5.73 Å². The van der Waals surface area contributed by atoms with Gasteiger partial charge >= 0.3 is 0 Å². The molecule has 0 saturated heterocycles. The summed E-state index contributed by atoms with van der Waals surface area (Å²) in [7, 11) is 0. The Bertz CT molecular complexity index is 574. The zero-order chi connectivity index (χ0) is 13.2. The summed E-state index contributed by atoms with van der Waals surface area (Å²) in [6, 6.07) is 0.296. The summed E-state index contributed by atoms with van der Waals surface area (Å²) in [4.78, 5) is 19.2. The Morgan fingerprint density at radius 1 is 1.58 bits per heavy atom. The number of nitrogens with one attached hydrogen (secondary N) is 3. The van der Waals surface area contributed by atoms with Crippen LogP contribution in [-0.2, 0) is 6.54 Å². The highest BCUT2D eigenvalue weighted by Crippen LogP contribution is 2.28. The third-order valence-corrected chi connectivity index (χ3v) is 3.65. The van der Waals surface area contributed by atoms with Crippen LogP contribution in [0.25, 0.3) is 0 Å². The van der Waals surface area contributed by atoms with Crippen LogP contribution in [0, 0.1) is 0 Å². The lowest BCUT2D eigenvalue weighted by atomic mass is 10.3. The minimum absolute atomic E-state index is 0.157. The van der Waals surface area contributed by atoms with E-state index in [2.05, 4.69) is 25.0 Å². The van der Waals surface area contributed by atoms with Gasteiger partial charge in [0.1, 0.15) is 16.4 Å². The Labute approximate surface area is 113 Å². The van der Waals surface area contributed by atoms with Gasteiger partial charge in [0, 0.05) is 18.4 Å². The van der Waals surface area contributed by atoms with E-state index in [1.807, 2.05) is 0 Å². The van der Waals surface area contributed by atoms with E-state index >= 15 is 0 Å². The Kier molecular flexibility index (Phi) is 3.08. The van der Waals surface area contributed by atoms with Crippen molar-refractivity contribution in [2.75, 3.05) is 11.1 Å². The van der Waals surface area contributed by atoms with Crippen LogP contribution in [0.3, 0.4) is 0 Å². The van der Waals surface area contributed by atoms with Crippen molar-refractivity contribution in [1.82, 2.24) is 19.7 Å². The number of carbonyl (C=O) groups is 1. The maximum Gasteiger partial charge on any atom is 0.258 e. The molecule has 0 spiro atoms. The zero-order valence-corrected chi connectivity index (χ0v) is 11.0. The van der Waals surface area contributed by atoms with E-state index < -0.39 is 0 Å². The van der Waals surface area contributed by atoms with E-state index in [1.54, 1.807) is 12.4 Å². The first kappa shape index (κ1) is 12.0. The van der Waals surface area contributed by atoms with Gasteiger partial charge in [0.25, 0.3) is 5.91 Å². The largest absolute Gasteiger partial charge is 0.382 e. The number of anilines is 2. The number of hydrogen-bond donors (Lipinski definition) is 4. The van der Waals surface area contributed by atoms with Crippen molar-refractivity contribution in [3.05, 3.63) is 23.8 Å². The maximum atomic E-state index is 12.1. The van der Waals surface area contributed by atoms with Crippen LogP contribution in [0.5, 0.6) is 0 Å². The summed E-state index contributed by atoms with van der Waals surface area (Å²) in [6.07, 6.45) is 5.51. The standard InChI is InChI=1S/C11H14N6OS/c12-9-8(10(18)16-6-1-2-6)11(19-17-9)15-5-7-13-3-4-14-7/h3-4,6,15H,1-2,5H2,(H2,12,17)(H,13,14)(H,16,18). The van der Waals surface area contributed by atoms with Gasteiger partial charge in [-0.2, -0.15) is 4.37 Å². The van der Waals surface area contributed by atoms with Crippen LogP contribution < -0.4 is 16.4 Å². The molecule has 0 radical (unpaired) electrons. The van der Waals surface area contributed by atoms with Crippen molar-refractivity contribution in [3.8, 4) is 0 Å². The van der Waals surface area contributed by atoms with Crippen LogP contribution >= 0.6 is 11.5 Å². The average Bonchev–Trinajstić information content (AvgIpc) is 2.92. The molecule has 100 valence electrons. The summed E-state index contributed by atoms with van der Waals surface area (Å²) in [5.74, 6) is 0.904. The summed E-state index contributed by atoms with van der Waals surface area (Å²) in [6.45, 7) is 0.498. The molecule has 2 aromatic rings. The molecule has 0 aliphatic heterocycles. The monoisotopic (exact) mass is 278 g/mol. The lowest BCUT2D eigenvalue weighted by Crippen LogP contribution is -2.26. The fraction of sp³-hybridized carbons (Fsp3) is 0.364. The first-order valence-electron chi connectivity index (χ1n) is 6.02. The quantitative estimate of drug-likeness (QED) is 0.651. The fourth-order valence-corrected chi connectivity index (χ4v) is 2.39. The Hall–Kier alpha value is -2.09. The third-order valence-electron chi connectivity index (χ3n) is 2.83. The molecule has 3 rings (SSSR count). The number of carbonyl (C=O) groups excluding carboxylic acids is 1. The van der Waals surface area contributed by atoms with Gasteiger partial charge in [-0.3, -0.25) is 4.79 Å². The molecule has 0 unspecified atom stereocenters. The van der Waals surface area contributed by atoms with Crippen LogP contribution in [-0.4, -0.2) is 26.3 Å². The molecule has 1 aliphatic carbocycles. The highest BCUT2D eigenvalue weighted by Gasteiger charge is 2.27. The predicted molar refractivity (Wildman–Crippen MR) is 72.9 cm³/mol. The van der Waals surface area contributed by atoms with E-state index in [0.717, 1.165) is 18.7 Å². The topological polar surface area (TPSA) is 109 Å². The number of H-pyrrole nitrogens is 1. The number of amides is 1. The first-order valence-corrected chi connectivity index (χ1v) is 6.79. The number of nitrogens with zero attached hydrogens (tertiary/aromatic N) is 2. The Morgan fingerprint density at radius 2 is 2.42 bits per heavy atom. The number of hydrogen-bond acceptors (Lipinski definition) is 6. The molecule has 5 N–H and O–H groups in total. The Morgan fingerprint density at radius 3 is 3.11 bits per heavy atom. The van der Waals surface area contributed by atoms with E-state index in [-0.39, 0.29) is 11.7 Å². The second-order valence-corrected chi connectivity index (χ2v) is 5.18. The number of nitrogen functional groups attached to an aromatic ring is 1. The van der Waals surface area contributed by atoms with Gasteiger partial charge in [0.05, 0.1) is 6.54 Å². The average molecular weight is 278 g/mol. The number of aromatic amines is 1. The van der Waals surface area contributed by atoms with Crippen LogP contribution in [0.1, 0.15) is 29.0 Å². The Balaban J connectivity index is 1.71. The van der Waals surface area contributed by atoms with Crippen molar-refractivity contribution < 1.29 is 4.79 Å². The molecule has 1 saturated carbocycles. The van der Waals surface area contributed by atoms with Gasteiger partial charge in [-0.25, -0.2) is 4.98 Å². The van der Waals surface area contributed by atoms with Gasteiger partial charge in [-0.05, 0) is 24.4 Å². The van der Waals surface area contributed by atoms with Crippen LogP contribution in [0.4, 0.5) is 10.8 Å². The van der Waals surface area contributed by atoms with E-state index in [0.29, 0.717) is 23.2 Å². The second kappa shape index (κ2) is 4.88. The smallest absolute Gasteiger partial charge is 0.258 e. The summed E-state index contributed by atoms with van der Waals surface area (Å²) in [5.41, 5.74) is 6.20. The molecule has 1 fully saturated rings. The van der Waals surface area contributed by atoms with Crippen molar-refractivity contribution in [1.29, 1.82) is 0 Å². The third kappa shape index (κ3) is 2.68. The molecule has 0 aromatic carbocycles. The molecule has 1 aliphatic rings. The molecule has 7 nitrogen and oxygen atoms in total. The predicted octanol–water partition coefficient (Wildman–Crippen LogP) is 0.953. The lowest BCUT2D eigenvalue weighted by Gasteiger charge is -2.06. The molecule has 2 heterocycles. The lowest BCUT2D eigenvalue weighted by molar-refractivity contribution is 0.0953. The molecule has 1 amide bonds. The molecule has 0 atom stereocenters. The first-order chi connectivity index (χ1) is 9.24. The normalized spacial score (nSPS) is 14.3. The van der Waals surface area contributed by atoms with E-state index in [1.165, 1.54) is 11.5 Å². The highest BCUT2D eigenvalue weighted by molar-refractivity contribution is 7.11. The van der Waals surface area contributed by atoms with E-state index in [9.17, 15) is 4.79 Å². The minimum atomic E-state index is -0.157. The number of rotatable bonds is 5. The van der Waals surface area contributed by atoms with Gasteiger partial charge in [0.2, 0.25) is 0 Å². The summed E-state index contributed by atoms with van der Waals surface area (Å²) < 4.78 is 4.03. The van der Waals surface area contributed by atoms with Gasteiger partial charge in [0.15, 0.2) is 5.82 Å².